The molecule has 0 radical (unpaired) electrons. The van der Waals surface area contributed by atoms with E-state index in [0.717, 1.165) is 18.4 Å². The maximum atomic E-state index is 12.2. The van der Waals surface area contributed by atoms with Crippen LogP contribution in [0.3, 0.4) is 0 Å². The van der Waals surface area contributed by atoms with E-state index in [4.69, 9.17) is 15.0 Å². The molecular weight excluding hydrogens is 380 g/mol. The lowest BCUT2D eigenvalue weighted by molar-refractivity contribution is -0.144. The molecule has 0 spiro atoms. The molecule has 1 aromatic rings. The highest BCUT2D eigenvalue weighted by molar-refractivity contribution is 7.99. The average Bonchev–Trinajstić information content (AvgIpc) is 2.73. The summed E-state index contributed by atoms with van der Waals surface area (Å²) < 4.78 is 15.4. The zero-order valence-electron chi connectivity index (χ0n) is 16.0. The molecule has 8 heteroatoms. The standard InChI is InChI=1S/C20H24N2O5S/c1-25-18-12-14(8-9-17(23)19(22-21)20(24)26-2)15(13-27-18)10-11-28-16-6-4-3-5-7-16/h3-7,10,14,18H,8-9,11-13H2,1-2H3/b15-10+/t14-,18+/m0/s1. The van der Waals surface area contributed by atoms with Crippen molar-refractivity contribution in [2.75, 3.05) is 26.6 Å². The molecule has 0 unspecified atom stereocenters. The number of Topliss-reactive ketones (excluding diaryl/α,β-unsaturated/α-hetero) is 1. The Morgan fingerprint density at radius 1 is 1.32 bits per heavy atom. The van der Waals surface area contributed by atoms with Crippen molar-refractivity contribution in [3.8, 4) is 0 Å². The summed E-state index contributed by atoms with van der Waals surface area (Å²) in [5.74, 6) is -0.621. The molecule has 150 valence electrons. The first-order valence-electron chi connectivity index (χ1n) is 8.93. The van der Waals surface area contributed by atoms with Crippen LogP contribution in [0.1, 0.15) is 19.3 Å². The predicted octanol–water partition coefficient (Wildman–Crippen LogP) is 2.91. The topological polar surface area (TPSA) is 98.2 Å². The van der Waals surface area contributed by atoms with Crippen molar-refractivity contribution in [2.45, 2.75) is 30.4 Å². The van der Waals surface area contributed by atoms with Crippen LogP contribution in [0.25, 0.3) is 5.53 Å². The molecule has 0 amide bonds. The minimum atomic E-state index is -0.940. The maximum Gasteiger partial charge on any atom is 0.441 e. The monoisotopic (exact) mass is 404 g/mol. The number of methoxy groups -OCH3 is 2. The second-order valence-electron chi connectivity index (χ2n) is 6.21. The molecule has 0 aromatic heterocycles. The zero-order chi connectivity index (χ0) is 20.4. The van der Waals surface area contributed by atoms with Crippen LogP contribution in [0.15, 0.2) is 46.9 Å². The van der Waals surface area contributed by atoms with Crippen molar-refractivity contribution in [1.82, 2.24) is 0 Å². The van der Waals surface area contributed by atoms with Crippen LogP contribution in [0.4, 0.5) is 0 Å². The largest absolute Gasteiger partial charge is 0.460 e. The second-order valence-corrected chi connectivity index (χ2v) is 7.31. The number of ether oxygens (including phenoxy) is 3. The second kappa shape index (κ2) is 11.6. The Bertz CT molecular complexity index is 759. The molecule has 1 heterocycles. The van der Waals surface area contributed by atoms with Gasteiger partial charge < -0.3 is 19.7 Å². The van der Waals surface area contributed by atoms with Gasteiger partial charge in [0.15, 0.2) is 6.29 Å². The summed E-state index contributed by atoms with van der Waals surface area (Å²) in [6.45, 7) is 0.435. The van der Waals surface area contributed by atoms with E-state index in [1.165, 1.54) is 4.90 Å². The number of carbonyl (C=O) groups excluding carboxylic acids is 2. The van der Waals surface area contributed by atoms with E-state index in [0.29, 0.717) is 19.4 Å². The summed E-state index contributed by atoms with van der Waals surface area (Å²) in [4.78, 5) is 27.6. The van der Waals surface area contributed by atoms with Crippen LogP contribution in [0.5, 0.6) is 0 Å². The van der Waals surface area contributed by atoms with Gasteiger partial charge in [-0.15, -0.1) is 11.8 Å². The van der Waals surface area contributed by atoms with Crippen molar-refractivity contribution in [3.63, 3.8) is 0 Å². The van der Waals surface area contributed by atoms with Crippen molar-refractivity contribution < 1.29 is 28.6 Å². The minimum Gasteiger partial charge on any atom is -0.460 e. The van der Waals surface area contributed by atoms with E-state index in [1.54, 1.807) is 18.9 Å². The molecule has 1 fully saturated rings. The first-order chi connectivity index (χ1) is 13.6. The van der Waals surface area contributed by atoms with Crippen LogP contribution in [-0.4, -0.2) is 55.1 Å². The highest BCUT2D eigenvalue weighted by Crippen LogP contribution is 2.30. The number of hydrogen-bond acceptors (Lipinski definition) is 6. The fourth-order valence-corrected chi connectivity index (χ4v) is 3.78. The third kappa shape index (κ3) is 6.42. The number of benzene rings is 1. The fourth-order valence-electron chi connectivity index (χ4n) is 2.94. The third-order valence-electron chi connectivity index (χ3n) is 4.50. The molecule has 1 aromatic carbocycles. The first kappa shape index (κ1) is 22.0. The number of rotatable bonds is 9. The molecule has 2 rings (SSSR count). The van der Waals surface area contributed by atoms with Crippen molar-refractivity contribution >= 4 is 29.2 Å². The van der Waals surface area contributed by atoms with Gasteiger partial charge in [0.25, 0.3) is 5.78 Å². The van der Waals surface area contributed by atoms with Gasteiger partial charge in [0.05, 0.1) is 13.7 Å². The van der Waals surface area contributed by atoms with Gasteiger partial charge in [-0.05, 0) is 30.0 Å². The van der Waals surface area contributed by atoms with Crippen LogP contribution in [0.2, 0.25) is 0 Å². The van der Waals surface area contributed by atoms with E-state index in [9.17, 15) is 9.59 Å². The molecule has 2 atom stereocenters. The molecule has 0 bridgehead atoms. The number of carbonyl (C=O) groups is 2. The molecule has 0 aliphatic carbocycles. The molecular formula is C20H24N2O5S. The summed E-state index contributed by atoms with van der Waals surface area (Å²) in [7, 11) is 2.72. The summed E-state index contributed by atoms with van der Waals surface area (Å²) in [6, 6.07) is 10.1. The molecule has 1 aliphatic heterocycles. The van der Waals surface area contributed by atoms with Crippen LogP contribution >= 0.6 is 11.8 Å². The van der Waals surface area contributed by atoms with Gasteiger partial charge in [-0.2, -0.15) is 4.79 Å². The molecule has 1 aliphatic rings. The number of thioether (sulfide) groups is 1. The zero-order valence-corrected chi connectivity index (χ0v) is 16.8. The van der Waals surface area contributed by atoms with E-state index in [2.05, 4.69) is 27.7 Å². The van der Waals surface area contributed by atoms with Gasteiger partial charge in [-0.1, -0.05) is 24.3 Å². The normalized spacial score (nSPS) is 20.4. The molecule has 7 nitrogen and oxygen atoms in total. The Morgan fingerprint density at radius 3 is 2.71 bits per heavy atom. The molecule has 1 saturated heterocycles. The van der Waals surface area contributed by atoms with Gasteiger partial charge in [0.1, 0.15) is 0 Å². The lowest BCUT2D eigenvalue weighted by Gasteiger charge is -2.31. The Hall–Kier alpha value is -2.25. The third-order valence-corrected chi connectivity index (χ3v) is 5.44. The Balaban J connectivity index is 1.99. The summed E-state index contributed by atoms with van der Waals surface area (Å²) in [5.41, 5.74) is 9.42. The Labute approximate surface area is 168 Å². The van der Waals surface area contributed by atoms with E-state index < -0.39 is 17.5 Å². The summed E-state index contributed by atoms with van der Waals surface area (Å²) >= 11 is 1.72. The smallest absolute Gasteiger partial charge is 0.441 e. The summed E-state index contributed by atoms with van der Waals surface area (Å²) in [5, 5.41) is 0. The van der Waals surface area contributed by atoms with Crippen LogP contribution in [0, 0.1) is 5.92 Å². The average molecular weight is 404 g/mol. The van der Waals surface area contributed by atoms with Gasteiger partial charge in [-0.3, -0.25) is 4.79 Å². The van der Waals surface area contributed by atoms with Crippen molar-refractivity contribution in [3.05, 3.63) is 47.5 Å². The van der Waals surface area contributed by atoms with Crippen LogP contribution < -0.4 is 0 Å². The van der Waals surface area contributed by atoms with Gasteiger partial charge >= 0.3 is 11.7 Å². The molecule has 0 saturated carbocycles. The number of ketones is 1. The Morgan fingerprint density at radius 2 is 2.07 bits per heavy atom. The van der Waals surface area contributed by atoms with Crippen molar-refractivity contribution in [2.24, 2.45) is 5.92 Å². The van der Waals surface area contributed by atoms with Crippen LogP contribution in [-0.2, 0) is 23.8 Å². The van der Waals surface area contributed by atoms with Gasteiger partial charge in [0.2, 0.25) is 0 Å². The fraction of sp³-hybridized carbons (Fsp3) is 0.450. The first-order valence-corrected chi connectivity index (χ1v) is 9.92. The van der Waals surface area contributed by atoms with E-state index in [1.807, 2.05) is 18.2 Å². The lowest BCUT2D eigenvalue weighted by atomic mass is 9.88. The highest BCUT2D eigenvalue weighted by atomic mass is 32.2. The maximum absolute atomic E-state index is 12.2. The van der Waals surface area contributed by atoms with E-state index >= 15 is 0 Å². The lowest BCUT2D eigenvalue weighted by Crippen LogP contribution is -2.31. The minimum absolute atomic E-state index is 0.0682. The summed E-state index contributed by atoms with van der Waals surface area (Å²) in [6.07, 6.45) is 2.99. The highest BCUT2D eigenvalue weighted by Gasteiger charge is 2.32. The predicted molar refractivity (Wildman–Crippen MR) is 105 cm³/mol. The SMILES string of the molecule is COC(=O)C(=[N+]=[N-])C(=O)CC[C@H]1C[C@H](OC)OC/C1=C\CSc1ccccc1. The number of esters is 1. The van der Waals surface area contributed by atoms with Gasteiger partial charge in [0, 0.05) is 30.6 Å². The quantitative estimate of drug-likeness (QED) is 0.119. The number of hydrogen-bond donors (Lipinski definition) is 0. The van der Waals surface area contributed by atoms with E-state index in [-0.39, 0.29) is 18.6 Å². The number of nitrogens with zero attached hydrogens (tertiary/aromatic N) is 2. The van der Waals surface area contributed by atoms with Crippen molar-refractivity contribution in [1.29, 1.82) is 0 Å². The van der Waals surface area contributed by atoms with Gasteiger partial charge in [-0.25, -0.2) is 4.79 Å². The molecule has 28 heavy (non-hydrogen) atoms. The molecule has 0 N–H and O–H groups in total. The Kier molecular flexibility index (Phi) is 9.10.